The Hall–Kier alpha value is -1.35. The maximum Gasteiger partial charge on any atom is 0.239 e. The average molecular weight is 290 g/mol. The first-order valence-electron chi connectivity index (χ1n) is 7.76. The number of amides is 1. The van der Waals surface area contributed by atoms with Crippen molar-refractivity contribution in [2.45, 2.75) is 59.0 Å². The fourth-order valence-electron chi connectivity index (χ4n) is 2.21. The normalized spacial score (nSPS) is 14.6. The number of benzene rings is 1. The van der Waals surface area contributed by atoms with Crippen molar-refractivity contribution >= 4 is 5.91 Å². The molecule has 118 valence electrons. The topological polar surface area (TPSA) is 46.3 Å². The van der Waals surface area contributed by atoms with Gasteiger partial charge < -0.3 is 10.6 Å². The van der Waals surface area contributed by atoms with Gasteiger partial charge in [-0.1, -0.05) is 65.3 Å². The van der Waals surface area contributed by atoms with Gasteiger partial charge in [-0.15, -0.1) is 0 Å². The molecule has 2 N–H and O–H groups in total. The van der Waals surface area contributed by atoms with Crippen molar-refractivity contribution in [2.24, 2.45) is 11.7 Å². The molecule has 3 nitrogen and oxygen atoms in total. The highest BCUT2D eigenvalue weighted by atomic mass is 16.2. The standard InChI is InChI=1S/C18H30N2O/c1-7-13(2)16(19)17(21)20(6)12-14-8-10-15(11-9-14)18(3,4)5/h8-11,13,16H,7,12,19H2,1-6H3/t13-,16-/m0/s1. The molecule has 0 aromatic heterocycles. The quantitative estimate of drug-likeness (QED) is 0.904. The van der Waals surface area contributed by atoms with E-state index in [0.29, 0.717) is 6.54 Å². The molecule has 0 bridgehead atoms. The highest BCUT2D eigenvalue weighted by molar-refractivity contribution is 5.81. The average Bonchev–Trinajstić information content (AvgIpc) is 2.44. The van der Waals surface area contributed by atoms with Crippen LogP contribution < -0.4 is 5.73 Å². The number of carbonyl (C=O) groups excluding carboxylic acids is 1. The van der Waals surface area contributed by atoms with Crippen molar-refractivity contribution in [3.63, 3.8) is 0 Å². The van der Waals surface area contributed by atoms with Crippen molar-refractivity contribution in [3.05, 3.63) is 35.4 Å². The van der Waals surface area contributed by atoms with Gasteiger partial charge in [0.1, 0.15) is 0 Å². The molecule has 0 heterocycles. The number of nitrogens with two attached hydrogens (primary N) is 1. The number of carbonyl (C=O) groups is 1. The van der Waals surface area contributed by atoms with Crippen molar-refractivity contribution in [3.8, 4) is 0 Å². The number of hydrogen-bond donors (Lipinski definition) is 1. The Labute approximate surface area is 129 Å². The summed E-state index contributed by atoms with van der Waals surface area (Å²) in [7, 11) is 1.82. The molecular formula is C18H30N2O. The van der Waals surface area contributed by atoms with Crippen LogP contribution >= 0.6 is 0 Å². The first kappa shape index (κ1) is 17.7. The molecule has 0 aliphatic heterocycles. The fourth-order valence-corrected chi connectivity index (χ4v) is 2.21. The van der Waals surface area contributed by atoms with E-state index in [1.165, 1.54) is 5.56 Å². The van der Waals surface area contributed by atoms with Crippen LogP contribution in [0.15, 0.2) is 24.3 Å². The predicted molar refractivity (Wildman–Crippen MR) is 89.0 cm³/mol. The maximum absolute atomic E-state index is 12.3. The lowest BCUT2D eigenvalue weighted by Crippen LogP contribution is -2.45. The molecule has 21 heavy (non-hydrogen) atoms. The van der Waals surface area contributed by atoms with E-state index >= 15 is 0 Å². The summed E-state index contributed by atoms with van der Waals surface area (Å²) in [4.78, 5) is 14.0. The zero-order valence-electron chi connectivity index (χ0n) is 14.3. The zero-order valence-corrected chi connectivity index (χ0v) is 14.3. The van der Waals surface area contributed by atoms with Crippen LogP contribution in [0.5, 0.6) is 0 Å². The van der Waals surface area contributed by atoms with Gasteiger partial charge in [-0.2, -0.15) is 0 Å². The Morgan fingerprint density at radius 3 is 2.19 bits per heavy atom. The minimum atomic E-state index is -0.408. The molecule has 2 atom stereocenters. The van der Waals surface area contributed by atoms with Crippen LogP contribution in [-0.4, -0.2) is 23.9 Å². The third-order valence-corrected chi connectivity index (χ3v) is 4.16. The Bertz CT molecular complexity index is 459. The first-order chi connectivity index (χ1) is 9.66. The second-order valence-electron chi connectivity index (χ2n) is 7.05. The lowest BCUT2D eigenvalue weighted by atomic mass is 9.87. The van der Waals surface area contributed by atoms with Gasteiger partial charge >= 0.3 is 0 Å². The number of nitrogens with zero attached hydrogens (tertiary/aromatic N) is 1. The summed E-state index contributed by atoms with van der Waals surface area (Å²) in [5.41, 5.74) is 8.60. The summed E-state index contributed by atoms with van der Waals surface area (Å²) < 4.78 is 0. The van der Waals surface area contributed by atoms with Crippen molar-refractivity contribution in [2.75, 3.05) is 7.05 Å². The maximum atomic E-state index is 12.3. The van der Waals surface area contributed by atoms with E-state index in [9.17, 15) is 4.79 Å². The molecule has 0 fully saturated rings. The largest absolute Gasteiger partial charge is 0.340 e. The summed E-state index contributed by atoms with van der Waals surface area (Å²) in [6.07, 6.45) is 0.918. The van der Waals surface area contributed by atoms with E-state index in [1.54, 1.807) is 4.90 Å². The molecule has 3 heteroatoms. The molecule has 0 spiro atoms. The van der Waals surface area contributed by atoms with Gasteiger partial charge in [0.05, 0.1) is 6.04 Å². The van der Waals surface area contributed by atoms with E-state index < -0.39 is 6.04 Å². The van der Waals surface area contributed by atoms with Gasteiger partial charge in [0, 0.05) is 13.6 Å². The van der Waals surface area contributed by atoms with E-state index in [-0.39, 0.29) is 17.2 Å². The number of hydrogen-bond acceptors (Lipinski definition) is 2. The third kappa shape index (κ3) is 4.85. The van der Waals surface area contributed by atoms with Crippen LogP contribution in [0.4, 0.5) is 0 Å². The Morgan fingerprint density at radius 2 is 1.76 bits per heavy atom. The summed E-state index contributed by atoms with van der Waals surface area (Å²) in [5.74, 6) is 0.229. The molecule has 0 aliphatic rings. The van der Waals surface area contributed by atoms with Crippen LogP contribution in [0.3, 0.4) is 0 Å². The van der Waals surface area contributed by atoms with Gasteiger partial charge in [0.15, 0.2) is 0 Å². The van der Waals surface area contributed by atoms with E-state index in [0.717, 1.165) is 12.0 Å². The van der Waals surface area contributed by atoms with Gasteiger partial charge in [0.2, 0.25) is 5.91 Å². The number of likely N-dealkylation sites (N-methyl/N-ethyl adjacent to an activating group) is 1. The van der Waals surface area contributed by atoms with Crippen LogP contribution in [0.2, 0.25) is 0 Å². The summed E-state index contributed by atoms with van der Waals surface area (Å²) in [6, 6.07) is 8.07. The Morgan fingerprint density at radius 1 is 1.24 bits per heavy atom. The summed E-state index contributed by atoms with van der Waals surface area (Å²) in [6.45, 7) is 11.3. The van der Waals surface area contributed by atoms with Crippen LogP contribution in [-0.2, 0) is 16.8 Å². The fraction of sp³-hybridized carbons (Fsp3) is 0.611. The first-order valence-corrected chi connectivity index (χ1v) is 7.76. The highest BCUT2D eigenvalue weighted by Crippen LogP contribution is 2.22. The lowest BCUT2D eigenvalue weighted by Gasteiger charge is -2.25. The van der Waals surface area contributed by atoms with Crippen molar-refractivity contribution < 1.29 is 4.79 Å². The Balaban J connectivity index is 2.71. The number of rotatable bonds is 5. The van der Waals surface area contributed by atoms with Crippen LogP contribution in [0, 0.1) is 5.92 Å². The van der Waals surface area contributed by atoms with Gasteiger partial charge in [-0.25, -0.2) is 0 Å². The molecule has 0 saturated heterocycles. The molecule has 1 amide bonds. The molecule has 0 unspecified atom stereocenters. The zero-order chi connectivity index (χ0) is 16.2. The van der Waals surface area contributed by atoms with E-state index in [2.05, 4.69) is 52.0 Å². The second kappa shape index (κ2) is 7.08. The molecule has 0 radical (unpaired) electrons. The van der Waals surface area contributed by atoms with Crippen LogP contribution in [0.25, 0.3) is 0 Å². The molecule has 0 aliphatic carbocycles. The van der Waals surface area contributed by atoms with Gasteiger partial charge in [-0.3, -0.25) is 4.79 Å². The van der Waals surface area contributed by atoms with Gasteiger partial charge in [-0.05, 0) is 22.5 Å². The molecular weight excluding hydrogens is 260 g/mol. The van der Waals surface area contributed by atoms with Crippen molar-refractivity contribution in [1.29, 1.82) is 0 Å². The minimum absolute atomic E-state index is 0.0178. The lowest BCUT2D eigenvalue weighted by molar-refractivity contribution is -0.132. The van der Waals surface area contributed by atoms with Gasteiger partial charge in [0.25, 0.3) is 0 Å². The Kier molecular flexibility index (Phi) is 5.97. The third-order valence-electron chi connectivity index (χ3n) is 4.16. The monoisotopic (exact) mass is 290 g/mol. The van der Waals surface area contributed by atoms with E-state index in [4.69, 9.17) is 5.73 Å². The summed E-state index contributed by atoms with van der Waals surface area (Å²) >= 11 is 0. The van der Waals surface area contributed by atoms with Crippen LogP contribution in [0.1, 0.15) is 52.2 Å². The molecule has 1 rings (SSSR count). The summed E-state index contributed by atoms with van der Waals surface area (Å²) in [5, 5.41) is 0. The van der Waals surface area contributed by atoms with Crippen molar-refractivity contribution in [1.82, 2.24) is 4.90 Å². The SMILES string of the molecule is CC[C@H](C)[C@H](N)C(=O)N(C)Cc1ccc(C(C)(C)C)cc1. The second-order valence-corrected chi connectivity index (χ2v) is 7.05. The highest BCUT2D eigenvalue weighted by Gasteiger charge is 2.22. The molecule has 1 aromatic rings. The predicted octanol–water partition coefficient (Wildman–Crippen LogP) is 3.32. The molecule has 1 aromatic carbocycles. The minimum Gasteiger partial charge on any atom is -0.340 e. The smallest absolute Gasteiger partial charge is 0.239 e. The van der Waals surface area contributed by atoms with E-state index in [1.807, 2.05) is 14.0 Å². The molecule has 0 saturated carbocycles.